The van der Waals surface area contributed by atoms with Crippen molar-refractivity contribution < 1.29 is 0 Å². The van der Waals surface area contributed by atoms with Crippen molar-refractivity contribution in [1.82, 2.24) is 4.90 Å². The molecule has 1 heteroatoms. The van der Waals surface area contributed by atoms with Crippen molar-refractivity contribution in [3.05, 3.63) is 23.8 Å². The van der Waals surface area contributed by atoms with Gasteiger partial charge in [0.2, 0.25) is 0 Å². The van der Waals surface area contributed by atoms with Crippen molar-refractivity contribution in [2.75, 3.05) is 19.6 Å². The molecule has 0 spiro atoms. The van der Waals surface area contributed by atoms with E-state index in [0.29, 0.717) is 0 Å². The van der Waals surface area contributed by atoms with Crippen LogP contribution >= 0.6 is 0 Å². The fourth-order valence-corrected chi connectivity index (χ4v) is 2.16. The van der Waals surface area contributed by atoms with Gasteiger partial charge in [0.05, 0.1) is 0 Å². The van der Waals surface area contributed by atoms with Crippen LogP contribution in [0.25, 0.3) is 0 Å². The van der Waals surface area contributed by atoms with Crippen LogP contribution in [0, 0.1) is 0 Å². The maximum Gasteiger partial charge on any atom is 0.0230 e. The third-order valence-electron chi connectivity index (χ3n) is 2.93. The molecule has 0 aromatic carbocycles. The lowest BCUT2D eigenvalue weighted by atomic mass is 10.1. The highest BCUT2D eigenvalue weighted by atomic mass is 15.1. The number of piperidine rings is 1. The third kappa shape index (κ3) is 2.70. The summed E-state index contributed by atoms with van der Waals surface area (Å²) in [7, 11) is 0. The van der Waals surface area contributed by atoms with Gasteiger partial charge in [0, 0.05) is 6.54 Å². The van der Waals surface area contributed by atoms with Gasteiger partial charge in [-0.05, 0) is 44.3 Å². The first kappa shape index (κ1) is 9.01. The molecule has 1 saturated heterocycles. The normalized spacial score (nSPS) is 24.5. The molecule has 0 N–H and O–H groups in total. The van der Waals surface area contributed by atoms with Crippen molar-refractivity contribution in [3.8, 4) is 0 Å². The molecule has 2 rings (SSSR count). The molecule has 0 saturated carbocycles. The second-order valence-electron chi connectivity index (χ2n) is 4.10. The van der Waals surface area contributed by atoms with Gasteiger partial charge in [0.1, 0.15) is 0 Å². The number of hydrogen-bond acceptors (Lipinski definition) is 1. The second kappa shape index (κ2) is 4.61. The van der Waals surface area contributed by atoms with Gasteiger partial charge in [-0.3, -0.25) is 4.90 Å². The minimum absolute atomic E-state index is 1.19. The van der Waals surface area contributed by atoms with Gasteiger partial charge < -0.3 is 0 Å². The lowest BCUT2D eigenvalue weighted by Gasteiger charge is -2.27. The van der Waals surface area contributed by atoms with Gasteiger partial charge in [-0.2, -0.15) is 0 Å². The Morgan fingerprint density at radius 3 is 2.62 bits per heavy atom. The van der Waals surface area contributed by atoms with Crippen LogP contribution in [0.15, 0.2) is 23.8 Å². The molecule has 13 heavy (non-hydrogen) atoms. The molecular formula is C12H19N. The summed E-state index contributed by atoms with van der Waals surface area (Å²) >= 11 is 0. The first-order valence-corrected chi connectivity index (χ1v) is 5.53. The number of nitrogens with zero attached hydrogens (tertiary/aromatic N) is 1. The SMILES string of the molecule is C1=CC(CN2CCCCC2)=CCC1. The Kier molecular flexibility index (Phi) is 3.20. The first-order valence-electron chi connectivity index (χ1n) is 5.53. The maximum absolute atomic E-state index is 2.59. The summed E-state index contributed by atoms with van der Waals surface area (Å²) < 4.78 is 0. The highest BCUT2D eigenvalue weighted by Crippen LogP contribution is 2.14. The maximum atomic E-state index is 2.59. The lowest BCUT2D eigenvalue weighted by Crippen LogP contribution is -2.31. The van der Waals surface area contributed by atoms with Crippen molar-refractivity contribution in [3.63, 3.8) is 0 Å². The van der Waals surface area contributed by atoms with Crippen LogP contribution in [-0.2, 0) is 0 Å². The number of hydrogen-bond donors (Lipinski definition) is 0. The molecule has 1 nitrogen and oxygen atoms in total. The van der Waals surface area contributed by atoms with E-state index in [0.717, 1.165) is 0 Å². The summed E-state index contributed by atoms with van der Waals surface area (Å²) in [5, 5.41) is 0. The van der Waals surface area contributed by atoms with Gasteiger partial charge in [-0.1, -0.05) is 24.6 Å². The molecule has 0 unspecified atom stereocenters. The molecule has 0 radical (unpaired) electrons. The molecule has 72 valence electrons. The van der Waals surface area contributed by atoms with Crippen molar-refractivity contribution in [2.45, 2.75) is 32.1 Å². The standard InChI is InChI=1S/C12H19N/c1-3-7-12(8-4-1)11-13-9-5-2-6-10-13/h3,7-8H,1-2,4-6,9-11H2. The Morgan fingerprint density at radius 1 is 1.08 bits per heavy atom. The van der Waals surface area contributed by atoms with E-state index in [9.17, 15) is 0 Å². The minimum atomic E-state index is 1.19. The van der Waals surface area contributed by atoms with Crippen molar-refractivity contribution in [2.24, 2.45) is 0 Å². The van der Waals surface area contributed by atoms with Crippen LogP contribution in [0.1, 0.15) is 32.1 Å². The van der Waals surface area contributed by atoms with E-state index in [1.807, 2.05) is 0 Å². The number of allylic oxidation sites excluding steroid dienone is 2. The average molecular weight is 177 g/mol. The lowest BCUT2D eigenvalue weighted by molar-refractivity contribution is 0.248. The molecule has 1 aliphatic heterocycles. The van der Waals surface area contributed by atoms with Crippen LogP contribution < -0.4 is 0 Å². The van der Waals surface area contributed by atoms with Crippen LogP contribution in [0.2, 0.25) is 0 Å². The molecular weight excluding hydrogens is 158 g/mol. The van der Waals surface area contributed by atoms with Crippen molar-refractivity contribution in [1.29, 1.82) is 0 Å². The third-order valence-corrected chi connectivity index (χ3v) is 2.93. The summed E-state index contributed by atoms with van der Waals surface area (Å²) in [5.41, 5.74) is 1.54. The monoisotopic (exact) mass is 177 g/mol. The topological polar surface area (TPSA) is 3.24 Å². The molecule has 0 amide bonds. The van der Waals surface area contributed by atoms with Gasteiger partial charge >= 0.3 is 0 Å². The van der Waals surface area contributed by atoms with E-state index < -0.39 is 0 Å². The molecule has 0 aromatic heterocycles. The Hall–Kier alpha value is -0.560. The first-order chi connectivity index (χ1) is 6.45. The quantitative estimate of drug-likeness (QED) is 0.627. The zero-order chi connectivity index (χ0) is 8.93. The largest absolute Gasteiger partial charge is 0.299 e. The molecule has 1 aliphatic carbocycles. The average Bonchev–Trinajstić information content (AvgIpc) is 2.21. The Bertz CT molecular complexity index is 209. The summed E-state index contributed by atoms with van der Waals surface area (Å²) in [6.07, 6.45) is 13.7. The van der Waals surface area contributed by atoms with Gasteiger partial charge in [-0.25, -0.2) is 0 Å². The molecule has 0 bridgehead atoms. The molecule has 0 atom stereocenters. The van der Waals surface area contributed by atoms with E-state index in [-0.39, 0.29) is 0 Å². The molecule has 1 heterocycles. The zero-order valence-corrected chi connectivity index (χ0v) is 8.34. The van der Waals surface area contributed by atoms with Gasteiger partial charge in [0.15, 0.2) is 0 Å². The second-order valence-corrected chi connectivity index (χ2v) is 4.10. The van der Waals surface area contributed by atoms with Crippen LogP contribution in [0.4, 0.5) is 0 Å². The van der Waals surface area contributed by atoms with E-state index in [1.165, 1.54) is 57.3 Å². The Balaban J connectivity index is 1.82. The smallest absolute Gasteiger partial charge is 0.0230 e. The molecule has 2 aliphatic rings. The fourth-order valence-electron chi connectivity index (χ4n) is 2.16. The summed E-state index contributed by atoms with van der Waals surface area (Å²) in [5.74, 6) is 0. The Morgan fingerprint density at radius 2 is 1.92 bits per heavy atom. The van der Waals surface area contributed by atoms with E-state index in [2.05, 4.69) is 23.1 Å². The minimum Gasteiger partial charge on any atom is -0.299 e. The van der Waals surface area contributed by atoms with Crippen molar-refractivity contribution >= 4 is 0 Å². The van der Waals surface area contributed by atoms with E-state index in [1.54, 1.807) is 0 Å². The zero-order valence-electron chi connectivity index (χ0n) is 8.34. The number of rotatable bonds is 2. The van der Waals surface area contributed by atoms with E-state index >= 15 is 0 Å². The summed E-state index contributed by atoms with van der Waals surface area (Å²) in [6.45, 7) is 3.81. The molecule has 1 fully saturated rings. The van der Waals surface area contributed by atoms with Gasteiger partial charge in [0.25, 0.3) is 0 Å². The Labute approximate surface area is 81.1 Å². The highest BCUT2D eigenvalue weighted by Gasteiger charge is 2.10. The summed E-state index contributed by atoms with van der Waals surface area (Å²) in [4.78, 5) is 2.59. The fraction of sp³-hybridized carbons (Fsp3) is 0.667. The van der Waals surface area contributed by atoms with Gasteiger partial charge in [-0.15, -0.1) is 0 Å². The van der Waals surface area contributed by atoms with E-state index in [4.69, 9.17) is 0 Å². The highest BCUT2D eigenvalue weighted by molar-refractivity contribution is 5.23. The molecule has 0 aromatic rings. The van der Waals surface area contributed by atoms with Crippen LogP contribution in [0.3, 0.4) is 0 Å². The summed E-state index contributed by atoms with van der Waals surface area (Å²) in [6, 6.07) is 0. The number of likely N-dealkylation sites (tertiary alicyclic amines) is 1. The van der Waals surface area contributed by atoms with Crippen LogP contribution in [-0.4, -0.2) is 24.5 Å². The predicted octanol–water partition coefficient (Wildman–Crippen LogP) is 2.75. The predicted molar refractivity (Wildman–Crippen MR) is 56.7 cm³/mol. The van der Waals surface area contributed by atoms with Crippen LogP contribution in [0.5, 0.6) is 0 Å².